The summed E-state index contributed by atoms with van der Waals surface area (Å²) in [5.41, 5.74) is 2.83. The number of carbonyl (C=O) groups is 3. The van der Waals surface area contributed by atoms with Crippen LogP contribution in [0, 0.1) is 24.6 Å². The molecule has 0 spiro atoms. The number of aliphatic imine (C=N–C) groups is 1. The Labute approximate surface area is 268 Å². The fourth-order valence-electron chi connectivity index (χ4n) is 6.36. The minimum Gasteiger partial charge on any atom is -0.478 e. The molecule has 6 rings (SSSR count). The molecule has 0 bridgehead atoms. The minimum absolute atomic E-state index is 0.0357. The average Bonchev–Trinajstić information content (AvgIpc) is 3.65. The standard InChI is InChI=1S/C32H31ClFN5O5S/c1-3-44-32(43)26-25(36-28(29-35-9-11-45-29)37-27(26)23-6-4-19(34)13-24(23)33)16-38-10-8-22-18(14-38)15-39(30(22)40)20-5-7-21(31(41)42)17(2)12-20/h4-7,9,11-13,18,22,27H,3,8,10,14-16H2,1-2H3,(H,36,37)(H,41,42)/t18?,22?,27-/m0/s1. The maximum absolute atomic E-state index is 14.0. The Morgan fingerprint density at radius 2 is 2.04 bits per heavy atom. The maximum Gasteiger partial charge on any atom is 0.338 e. The number of hydrogen-bond donors (Lipinski definition) is 2. The van der Waals surface area contributed by atoms with Crippen LogP contribution in [0.15, 0.2) is 64.2 Å². The van der Waals surface area contributed by atoms with Gasteiger partial charge in [-0.2, -0.15) is 0 Å². The Kier molecular flexibility index (Phi) is 8.71. The summed E-state index contributed by atoms with van der Waals surface area (Å²) in [7, 11) is 0. The van der Waals surface area contributed by atoms with Crippen molar-refractivity contribution in [3.05, 3.63) is 91.8 Å². The first-order chi connectivity index (χ1) is 21.6. The lowest BCUT2D eigenvalue weighted by molar-refractivity contribution is -0.139. The summed E-state index contributed by atoms with van der Waals surface area (Å²) >= 11 is 7.89. The smallest absolute Gasteiger partial charge is 0.338 e. The van der Waals surface area contributed by atoms with Gasteiger partial charge in [0.15, 0.2) is 10.8 Å². The molecule has 2 saturated heterocycles. The quantitative estimate of drug-likeness (QED) is 0.332. The zero-order chi connectivity index (χ0) is 31.8. The Morgan fingerprint density at radius 3 is 2.73 bits per heavy atom. The van der Waals surface area contributed by atoms with Gasteiger partial charge < -0.3 is 20.1 Å². The largest absolute Gasteiger partial charge is 0.478 e. The summed E-state index contributed by atoms with van der Waals surface area (Å²) in [4.78, 5) is 51.6. The fourth-order valence-corrected chi connectivity index (χ4v) is 7.22. The van der Waals surface area contributed by atoms with Crippen LogP contribution in [0.25, 0.3) is 0 Å². The number of likely N-dealkylation sites (tertiary alicyclic amines) is 1. The number of carboxylic acid groups (broad SMARTS) is 1. The van der Waals surface area contributed by atoms with Gasteiger partial charge >= 0.3 is 11.9 Å². The lowest BCUT2D eigenvalue weighted by Gasteiger charge is -2.36. The number of anilines is 1. The van der Waals surface area contributed by atoms with Gasteiger partial charge in [0, 0.05) is 65.0 Å². The van der Waals surface area contributed by atoms with E-state index in [2.05, 4.69) is 15.2 Å². The molecule has 3 aliphatic rings. The van der Waals surface area contributed by atoms with E-state index >= 15 is 0 Å². The molecule has 3 aliphatic heterocycles. The number of ether oxygens (including phenoxy) is 1. The van der Waals surface area contributed by atoms with E-state index in [1.165, 1.54) is 35.6 Å². The number of aromatic nitrogens is 1. The number of aryl methyl sites for hydroxylation is 1. The third-order valence-electron chi connectivity index (χ3n) is 8.47. The predicted octanol–water partition coefficient (Wildman–Crippen LogP) is 4.84. The van der Waals surface area contributed by atoms with Crippen LogP contribution >= 0.6 is 22.9 Å². The van der Waals surface area contributed by atoms with E-state index in [4.69, 9.17) is 21.3 Å². The Bertz CT molecular complexity index is 1730. The SMILES string of the molecule is CCOC(=O)C1=C(CN2CCC3C(=O)N(c4ccc(C(=O)O)c(C)c4)CC3C2)NC(c2nccs2)=N[C@H]1c1ccc(F)cc1Cl. The number of carboxylic acids is 1. The monoisotopic (exact) mass is 651 g/mol. The number of carbonyl (C=O) groups excluding carboxylic acids is 2. The zero-order valence-electron chi connectivity index (χ0n) is 24.6. The second kappa shape index (κ2) is 12.7. The van der Waals surface area contributed by atoms with Crippen molar-refractivity contribution < 1.29 is 28.6 Å². The number of hydrogen-bond acceptors (Lipinski definition) is 9. The summed E-state index contributed by atoms with van der Waals surface area (Å²) in [6, 6.07) is 8.13. The van der Waals surface area contributed by atoms with Gasteiger partial charge in [0.2, 0.25) is 5.91 Å². The number of thiazole rings is 1. The zero-order valence-corrected chi connectivity index (χ0v) is 26.2. The van der Waals surface area contributed by atoms with E-state index in [9.17, 15) is 23.9 Å². The summed E-state index contributed by atoms with van der Waals surface area (Å²) in [5.74, 6) is -1.67. The van der Waals surface area contributed by atoms with Gasteiger partial charge in [-0.05, 0) is 62.7 Å². The van der Waals surface area contributed by atoms with Crippen LogP contribution in [0.1, 0.15) is 45.9 Å². The number of nitrogens with zero attached hydrogens (tertiary/aromatic N) is 4. The van der Waals surface area contributed by atoms with Gasteiger partial charge in [0.05, 0.1) is 17.7 Å². The summed E-state index contributed by atoms with van der Waals surface area (Å²) in [5, 5.41) is 15.3. The molecule has 2 N–H and O–H groups in total. The number of halogens is 2. The van der Waals surface area contributed by atoms with Crippen molar-refractivity contribution in [1.29, 1.82) is 0 Å². The highest BCUT2D eigenvalue weighted by Crippen LogP contribution is 2.39. The number of amidine groups is 1. The van der Waals surface area contributed by atoms with Crippen LogP contribution in [-0.2, 0) is 14.3 Å². The van der Waals surface area contributed by atoms with Crippen molar-refractivity contribution in [2.24, 2.45) is 16.8 Å². The lowest BCUT2D eigenvalue weighted by atomic mass is 9.88. The van der Waals surface area contributed by atoms with Crippen molar-refractivity contribution in [2.45, 2.75) is 26.3 Å². The van der Waals surface area contributed by atoms with Crippen molar-refractivity contribution in [2.75, 3.05) is 37.7 Å². The molecule has 0 aliphatic carbocycles. The number of fused-ring (bicyclic) bond motifs is 1. The Hall–Kier alpha value is -4.13. The molecule has 1 aromatic heterocycles. The lowest BCUT2D eigenvalue weighted by Crippen LogP contribution is -2.45. The number of nitrogens with one attached hydrogen (secondary N) is 1. The first-order valence-corrected chi connectivity index (χ1v) is 15.9. The van der Waals surface area contributed by atoms with E-state index in [1.54, 1.807) is 37.1 Å². The Balaban J connectivity index is 1.30. The molecule has 3 atom stereocenters. The van der Waals surface area contributed by atoms with Crippen LogP contribution in [0.5, 0.6) is 0 Å². The summed E-state index contributed by atoms with van der Waals surface area (Å²) < 4.78 is 19.5. The minimum atomic E-state index is -1.00. The fraction of sp³-hybridized carbons (Fsp3) is 0.344. The van der Waals surface area contributed by atoms with Crippen LogP contribution < -0.4 is 10.2 Å². The van der Waals surface area contributed by atoms with Gasteiger partial charge in [-0.25, -0.2) is 19.0 Å². The highest BCUT2D eigenvalue weighted by molar-refractivity contribution is 7.11. The summed E-state index contributed by atoms with van der Waals surface area (Å²) in [6.45, 7) is 5.67. The van der Waals surface area contributed by atoms with Crippen molar-refractivity contribution in [1.82, 2.24) is 15.2 Å². The number of aromatic carboxylic acids is 1. The second-order valence-electron chi connectivity index (χ2n) is 11.3. The van der Waals surface area contributed by atoms with Gasteiger partial charge in [-0.3, -0.25) is 14.7 Å². The molecule has 234 valence electrons. The first-order valence-electron chi connectivity index (χ1n) is 14.6. The van der Waals surface area contributed by atoms with Gasteiger partial charge in [-0.15, -0.1) is 11.3 Å². The van der Waals surface area contributed by atoms with Crippen molar-refractivity contribution >= 4 is 52.3 Å². The topological polar surface area (TPSA) is 124 Å². The molecule has 0 saturated carbocycles. The molecule has 45 heavy (non-hydrogen) atoms. The van der Waals surface area contributed by atoms with Crippen molar-refractivity contribution in [3.63, 3.8) is 0 Å². The molecular weight excluding hydrogens is 621 g/mol. The number of benzene rings is 2. The molecule has 13 heteroatoms. The molecule has 3 aromatic rings. The molecule has 2 unspecified atom stereocenters. The molecule has 0 radical (unpaired) electrons. The number of esters is 1. The number of piperidine rings is 1. The number of rotatable bonds is 8. The van der Waals surface area contributed by atoms with Crippen LogP contribution in [-0.4, -0.2) is 71.5 Å². The van der Waals surface area contributed by atoms with Gasteiger partial charge in [-0.1, -0.05) is 17.7 Å². The van der Waals surface area contributed by atoms with Crippen LogP contribution in [0.3, 0.4) is 0 Å². The van der Waals surface area contributed by atoms with Crippen LogP contribution in [0.4, 0.5) is 10.1 Å². The molecule has 2 aromatic carbocycles. The molecule has 1 amide bonds. The number of amides is 1. The first kappa shape index (κ1) is 30.9. The third kappa shape index (κ3) is 6.09. The highest BCUT2D eigenvalue weighted by atomic mass is 35.5. The third-order valence-corrected chi connectivity index (χ3v) is 9.57. The van der Waals surface area contributed by atoms with E-state index in [-0.39, 0.29) is 40.5 Å². The van der Waals surface area contributed by atoms with Crippen LogP contribution in [0.2, 0.25) is 5.02 Å². The van der Waals surface area contributed by atoms with E-state index in [0.29, 0.717) is 66.0 Å². The molecule has 2 fully saturated rings. The van der Waals surface area contributed by atoms with Gasteiger partial charge in [0.25, 0.3) is 0 Å². The van der Waals surface area contributed by atoms with E-state index in [0.717, 1.165) is 0 Å². The Morgan fingerprint density at radius 1 is 1.22 bits per heavy atom. The van der Waals surface area contributed by atoms with E-state index < -0.39 is 23.8 Å². The van der Waals surface area contributed by atoms with E-state index in [1.807, 2.05) is 5.38 Å². The average molecular weight is 652 g/mol. The van der Waals surface area contributed by atoms with Gasteiger partial charge in [0.1, 0.15) is 11.9 Å². The second-order valence-corrected chi connectivity index (χ2v) is 12.6. The molecular formula is C32H31ClFN5O5S. The molecule has 4 heterocycles. The predicted molar refractivity (Wildman–Crippen MR) is 168 cm³/mol. The molecule has 10 nitrogen and oxygen atoms in total. The normalized spacial score (nSPS) is 21.8. The summed E-state index contributed by atoms with van der Waals surface area (Å²) in [6.07, 6.45) is 2.30. The van der Waals surface area contributed by atoms with Crippen molar-refractivity contribution in [3.8, 4) is 0 Å². The maximum atomic E-state index is 14.0. The highest BCUT2D eigenvalue weighted by Gasteiger charge is 2.44.